The minimum absolute atomic E-state index is 0.211. The lowest BCUT2D eigenvalue weighted by Crippen LogP contribution is -2.43. The van der Waals surface area contributed by atoms with Gasteiger partial charge in [-0.15, -0.1) is 0 Å². The molecule has 0 aromatic heterocycles. The molecule has 3 heteroatoms. The molecule has 2 rings (SSSR count). The molecule has 1 aliphatic rings. The first-order valence-corrected chi connectivity index (χ1v) is 7.28. The molecule has 1 saturated heterocycles. The molecule has 1 aromatic carbocycles. The first-order valence-electron chi connectivity index (χ1n) is 7.28. The Morgan fingerprint density at radius 3 is 2.47 bits per heavy atom. The second-order valence-electron chi connectivity index (χ2n) is 5.43. The van der Waals surface area contributed by atoms with E-state index in [4.69, 9.17) is 0 Å². The summed E-state index contributed by atoms with van der Waals surface area (Å²) >= 11 is 0. The van der Waals surface area contributed by atoms with Crippen LogP contribution in [0, 0.1) is 5.92 Å². The Hall–Kier alpha value is -1.35. The van der Waals surface area contributed by atoms with E-state index in [1.54, 1.807) is 0 Å². The maximum atomic E-state index is 12.4. The fourth-order valence-electron chi connectivity index (χ4n) is 2.61. The maximum Gasteiger partial charge on any atom is 0.241 e. The standard InChI is InChI=1S/C16H24N2O/c1-3-18(15-7-5-4-6-8-15)16(19)13-17-11-9-14(2)10-12-17/h4-8,14H,3,9-13H2,1-2H3. The quantitative estimate of drug-likeness (QED) is 0.831. The summed E-state index contributed by atoms with van der Waals surface area (Å²) in [5.41, 5.74) is 1.00. The Labute approximate surface area is 116 Å². The summed E-state index contributed by atoms with van der Waals surface area (Å²) in [4.78, 5) is 16.6. The van der Waals surface area contributed by atoms with Crippen LogP contribution in [-0.2, 0) is 4.79 Å². The lowest BCUT2D eigenvalue weighted by molar-refractivity contribution is -0.120. The van der Waals surface area contributed by atoms with E-state index in [9.17, 15) is 4.79 Å². The minimum Gasteiger partial charge on any atom is -0.312 e. The highest BCUT2D eigenvalue weighted by Crippen LogP contribution is 2.17. The van der Waals surface area contributed by atoms with E-state index in [0.717, 1.165) is 31.2 Å². The number of carbonyl (C=O) groups excluding carboxylic acids is 1. The van der Waals surface area contributed by atoms with Crippen LogP contribution in [-0.4, -0.2) is 37.0 Å². The zero-order valence-corrected chi connectivity index (χ0v) is 12.0. The van der Waals surface area contributed by atoms with Gasteiger partial charge >= 0.3 is 0 Å². The van der Waals surface area contributed by atoms with E-state index in [-0.39, 0.29) is 5.91 Å². The highest BCUT2D eigenvalue weighted by atomic mass is 16.2. The largest absolute Gasteiger partial charge is 0.312 e. The van der Waals surface area contributed by atoms with Crippen LogP contribution >= 0.6 is 0 Å². The van der Waals surface area contributed by atoms with Crippen molar-refractivity contribution < 1.29 is 4.79 Å². The van der Waals surface area contributed by atoms with Crippen LogP contribution in [0.25, 0.3) is 0 Å². The molecular weight excluding hydrogens is 236 g/mol. The number of hydrogen-bond acceptors (Lipinski definition) is 2. The molecule has 0 N–H and O–H groups in total. The second-order valence-corrected chi connectivity index (χ2v) is 5.43. The van der Waals surface area contributed by atoms with Gasteiger partial charge in [0.25, 0.3) is 0 Å². The summed E-state index contributed by atoms with van der Waals surface area (Å²) in [7, 11) is 0. The van der Waals surface area contributed by atoms with Crippen molar-refractivity contribution in [3.63, 3.8) is 0 Å². The first-order chi connectivity index (χ1) is 9.20. The molecular formula is C16H24N2O. The summed E-state index contributed by atoms with van der Waals surface area (Å²) in [6, 6.07) is 9.94. The summed E-state index contributed by atoms with van der Waals surface area (Å²) in [6.07, 6.45) is 2.43. The van der Waals surface area contributed by atoms with Gasteiger partial charge in [0.1, 0.15) is 0 Å². The van der Waals surface area contributed by atoms with Crippen LogP contribution in [0.2, 0.25) is 0 Å². The smallest absolute Gasteiger partial charge is 0.241 e. The summed E-state index contributed by atoms with van der Waals surface area (Å²) in [5.74, 6) is 1.02. The van der Waals surface area contributed by atoms with Crippen LogP contribution in [0.15, 0.2) is 30.3 Å². The Morgan fingerprint density at radius 2 is 1.89 bits per heavy atom. The van der Waals surface area contributed by atoms with Crippen LogP contribution in [0.5, 0.6) is 0 Å². The van der Waals surface area contributed by atoms with Crippen molar-refractivity contribution in [2.75, 3.05) is 31.1 Å². The molecule has 1 amide bonds. The number of benzene rings is 1. The molecule has 19 heavy (non-hydrogen) atoms. The number of anilines is 1. The number of rotatable bonds is 4. The van der Waals surface area contributed by atoms with Crippen molar-refractivity contribution in [3.05, 3.63) is 30.3 Å². The topological polar surface area (TPSA) is 23.6 Å². The van der Waals surface area contributed by atoms with Crippen LogP contribution in [0.4, 0.5) is 5.69 Å². The monoisotopic (exact) mass is 260 g/mol. The van der Waals surface area contributed by atoms with E-state index in [1.807, 2.05) is 42.2 Å². The van der Waals surface area contributed by atoms with Gasteiger partial charge in [0.05, 0.1) is 6.54 Å². The number of piperidine rings is 1. The van der Waals surface area contributed by atoms with Gasteiger partial charge in [-0.1, -0.05) is 25.1 Å². The fraction of sp³-hybridized carbons (Fsp3) is 0.562. The maximum absolute atomic E-state index is 12.4. The molecule has 0 atom stereocenters. The molecule has 104 valence electrons. The number of amides is 1. The molecule has 0 aliphatic carbocycles. The average Bonchev–Trinajstić information content (AvgIpc) is 2.43. The Balaban J connectivity index is 1.94. The molecule has 0 radical (unpaired) electrons. The molecule has 1 fully saturated rings. The van der Waals surface area contributed by atoms with Gasteiger partial charge in [-0.3, -0.25) is 9.69 Å². The molecule has 0 unspecified atom stereocenters. The Kier molecular flexibility index (Phi) is 4.97. The SMILES string of the molecule is CCN(C(=O)CN1CCC(C)CC1)c1ccccc1. The van der Waals surface area contributed by atoms with Crippen molar-refractivity contribution in [3.8, 4) is 0 Å². The predicted molar refractivity (Wildman–Crippen MR) is 79.3 cm³/mol. The Morgan fingerprint density at radius 1 is 1.26 bits per heavy atom. The number of para-hydroxylation sites is 1. The van der Waals surface area contributed by atoms with Crippen LogP contribution in [0.1, 0.15) is 26.7 Å². The first kappa shape index (κ1) is 14.1. The number of carbonyl (C=O) groups is 1. The molecule has 1 aromatic rings. The molecule has 1 heterocycles. The zero-order valence-electron chi connectivity index (χ0n) is 12.0. The third kappa shape index (κ3) is 3.80. The summed E-state index contributed by atoms with van der Waals surface area (Å²) in [6.45, 7) is 7.71. The second kappa shape index (κ2) is 6.71. The summed E-state index contributed by atoms with van der Waals surface area (Å²) in [5, 5.41) is 0. The lowest BCUT2D eigenvalue weighted by Gasteiger charge is -2.31. The van der Waals surface area contributed by atoms with Gasteiger partial charge in [0, 0.05) is 12.2 Å². The number of likely N-dealkylation sites (N-methyl/N-ethyl adjacent to an activating group) is 1. The highest BCUT2D eigenvalue weighted by molar-refractivity contribution is 5.94. The fourth-order valence-corrected chi connectivity index (χ4v) is 2.61. The normalized spacial score (nSPS) is 17.4. The van der Waals surface area contributed by atoms with Crippen LogP contribution in [0.3, 0.4) is 0 Å². The summed E-state index contributed by atoms with van der Waals surface area (Å²) < 4.78 is 0. The van der Waals surface area contributed by atoms with E-state index in [0.29, 0.717) is 6.54 Å². The van der Waals surface area contributed by atoms with E-state index >= 15 is 0 Å². The molecule has 0 saturated carbocycles. The zero-order chi connectivity index (χ0) is 13.7. The van der Waals surface area contributed by atoms with E-state index < -0.39 is 0 Å². The van der Waals surface area contributed by atoms with Gasteiger partial charge in [-0.05, 0) is 50.9 Å². The number of likely N-dealkylation sites (tertiary alicyclic amines) is 1. The minimum atomic E-state index is 0.211. The van der Waals surface area contributed by atoms with Crippen molar-refractivity contribution in [2.45, 2.75) is 26.7 Å². The van der Waals surface area contributed by atoms with Crippen molar-refractivity contribution in [2.24, 2.45) is 5.92 Å². The van der Waals surface area contributed by atoms with Gasteiger partial charge in [0.2, 0.25) is 5.91 Å². The van der Waals surface area contributed by atoms with Crippen molar-refractivity contribution in [1.82, 2.24) is 4.90 Å². The average molecular weight is 260 g/mol. The van der Waals surface area contributed by atoms with Gasteiger partial charge in [-0.25, -0.2) is 0 Å². The highest BCUT2D eigenvalue weighted by Gasteiger charge is 2.21. The molecule has 0 spiro atoms. The third-order valence-electron chi connectivity index (χ3n) is 3.92. The van der Waals surface area contributed by atoms with Crippen molar-refractivity contribution >= 4 is 11.6 Å². The van der Waals surface area contributed by atoms with Gasteiger partial charge in [-0.2, -0.15) is 0 Å². The third-order valence-corrected chi connectivity index (χ3v) is 3.92. The number of hydrogen-bond donors (Lipinski definition) is 0. The van der Waals surface area contributed by atoms with E-state index in [2.05, 4.69) is 11.8 Å². The predicted octanol–water partition coefficient (Wildman–Crippen LogP) is 2.77. The van der Waals surface area contributed by atoms with Gasteiger partial charge < -0.3 is 4.90 Å². The van der Waals surface area contributed by atoms with Gasteiger partial charge in [0.15, 0.2) is 0 Å². The van der Waals surface area contributed by atoms with E-state index in [1.165, 1.54) is 12.8 Å². The Bertz CT molecular complexity index is 396. The lowest BCUT2D eigenvalue weighted by atomic mass is 9.99. The molecule has 3 nitrogen and oxygen atoms in total. The van der Waals surface area contributed by atoms with Crippen LogP contribution < -0.4 is 4.90 Å². The molecule has 0 bridgehead atoms. The van der Waals surface area contributed by atoms with Crippen molar-refractivity contribution in [1.29, 1.82) is 0 Å². The molecule has 1 aliphatic heterocycles. The number of nitrogens with zero attached hydrogens (tertiary/aromatic N) is 2.